The van der Waals surface area contributed by atoms with Crippen LogP contribution in [0, 0.1) is 10.1 Å². The molecule has 7 heteroatoms. The summed E-state index contributed by atoms with van der Waals surface area (Å²) in [5.74, 6) is -1.21. The fourth-order valence-electron chi connectivity index (χ4n) is 1.87. The van der Waals surface area contributed by atoms with E-state index in [1.54, 1.807) is 37.3 Å². The van der Waals surface area contributed by atoms with E-state index in [9.17, 15) is 19.7 Å². The van der Waals surface area contributed by atoms with Crippen molar-refractivity contribution >= 4 is 24.2 Å². The van der Waals surface area contributed by atoms with Gasteiger partial charge in [0, 0.05) is 23.3 Å². The van der Waals surface area contributed by atoms with Crippen molar-refractivity contribution in [2.75, 3.05) is 6.61 Å². The molecule has 0 aliphatic carbocycles. The maximum atomic E-state index is 12.0. The topological polar surface area (TPSA) is 98.9 Å². The second-order valence-electron chi connectivity index (χ2n) is 4.79. The highest BCUT2D eigenvalue weighted by molar-refractivity contribution is 6.06. The predicted octanol–water partition coefficient (Wildman–Crippen LogP) is 2.97. The molecule has 0 aliphatic heterocycles. The first kappa shape index (κ1) is 19.7. The van der Waals surface area contributed by atoms with E-state index in [4.69, 9.17) is 0 Å². The van der Waals surface area contributed by atoms with Crippen molar-refractivity contribution in [2.24, 2.45) is 4.99 Å². The first-order valence-electron chi connectivity index (χ1n) is 7.39. The van der Waals surface area contributed by atoms with Gasteiger partial charge in [-0.3, -0.25) is 19.9 Å². The third kappa shape index (κ3) is 5.98. The average molecular weight is 342 g/mol. The Balaban J connectivity index is 3.22. The van der Waals surface area contributed by atoms with Crippen LogP contribution in [-0.4, -0.2) is 30.0 Å². The number of benzene rings is 1. The van der Waals surface area contributed by atoms with Crippen LogP contribution in [0.3, 0.4) is 0 Å². The van der Waals surface area contributed by atoms with Crippen LogP contribution >= 0.6 is 0 Å². The largest absolute Gasteiger partial charge is 0.463 e. The van der Waals surface area contributed by atoms with Crippen molar-refractivity contribution in [2.45, 2.75) is 13.8 Å². The van der Waals surface area contributed by atoms with E-state index >= 15 is 0 Å². The normalized spacial score (nSPS) is 12.5. The van der Waals surface area contributed by atoms with Crippen molar-refractivity contribution < 1.29 is 19.2 Å². The van der Waals surface area contributed by atoms with Crippen LogP contribution in [-0.2, 0) is 14.3 Å². The average Bonchev–Trinajstić information content (AvgIpc) is 2.60. The second-order valence-corrected chi connectivity index (χ2v) is 4.79. The number of allylic oxidation sites excluding steroid dienone is 3. The molecule has 0 aromatic heterocycles. The van der Waals surface area contributed by atoms with E-state index in [1.807, 2.05) is 0 Å². The molecular formula is C18H18N2O5. The van der Waals surface area contributed by atoms with Crippen molar-refractivity contribution in [3.05, 3.63) is 75.5 Å². The molecule has 0 aliphatic rings. The lowest BCUT2D eigenvalue weighted by atomic mass is 10.1. The van der Waals surface area contributed by atoms with E-state index in [2.05, 4.69) is 16.4 Å². The van der Waals surface area contributed by atoms with E-state index < -0.39 is 16.7 Å². The predicted molar refractivity (Wildman–Crippen MR) is 94.4 cm³/mol. The van der Waals surface area contributed by atoms with Crippen LogP contribution < -0.4 is 0 Å². The second kappa shape index (κ2) is 9.71. The zero-order valence-electron chi connectivity index (χ0n) is 14.0. The monoisotopic (exact) mass is 342 g/mol. The van der Waals surface area contributed by atoms with Gasteiger partial charge in [0.1, 0.15) is 5.70 Å². The summed E-state index contributed by atoms with van der Waals surface area (Å²) in [5.41, 5.74) is 0.260. The van der Waals surface area contributed by atoms with Crippen molar-refractivity contribution in [1.29, 1.82) is 0 Å². The highest BCUT2D eigenvalue weighted by Crippen LogP contribution is 2.22. The Labute approximate surface area is 145 Å². The Kier molecular flexibility index (Phi) is 7.65. The number of carbonyl (C=O) groups is 2. The Hall–Kier alpha value is -3.35. The summed E-state index contributed by atoms with van der Waals surface area (Å²) in [4.78, 5) is 37.7. The third-order valence-corrected chi connectivity index (χ3v) is 3.04. The molecule has 1 rings (SSSR count). The van der Waals surface area contributed by atoms with Gasteiger partial charge >= 0.3 is 5.97 Å². The lowest BCUT2D eigenvalue weighted by Gasteiger charge is -2.03. The smallest absolute Gasteiger partial charge is 0.330 e. The number of hydrogen-bond acceptors (Lipinski definition) is 6. The molecule has 0 N–H and O–H groups in total. The van der Waals surface area contributed by atoms with Crippen LogP contribution in [0.1, 0.15) is 19.4 Å². The third-order valence-electron chi connectivity index (χ3n) is 3.04. The lowest BCUT2D eigenvalue weighted by molar-refractivity contribution is -0.418. The van der Waals surface area contributed by atoms with Crippen molar-refractivity contribution in [1.82, 2.24) is 0 Å². The van der Waals surface area contributed by atoms with Gasteiger partial charge in [0.2, 0.25) is 0 Å². The minimum Gasteiger partial charge on any atom is -0.463 e. The zero-order chi connectivity index (χ0) is 18.8. The molecule has 25 heavy (non-hydrogen) atoms. The molecule has 0 spiro atoms. The molecule has 1 aromatic rings. The lowest BCUT2D eigenvalue weighted by Crippen LogP contribution is -2.05. The SMILES string of the molecule is C=N/C(=C(\C=C(/C)C(=O)/C=C\C(=O)OCC)[N+](=O)[O-])c1ccccc1. The molecular weight excluding hydrogens is 324 g/mol. The summed E-state index contributed by atoms with van der Waals surface area (Å²) in [6.07, 6.45) is 3.09. The van der Waals surface area contributed by atoms with Crippen LogP contribution in [0.5, 0.6) is 0 Å². The quantitative estimate of drug-likeness (QED) is 0.181. The van der Waals surface area contributed by atoms with Gasteiger partial charge in [-0.05, 0) is 26.6 Å². The molecule has 7 nitrogen and oxygen atoms in total. The first-order valence-corrected chi connectivity index (χ1v) is 7.39. The molecule has 130 valence electrons. The van der Waals surface area contributed by atoms with Gasteiger partial charge < -0.3 is 4.74 Å². The number of hydrogen-bond donors (Lipinski definition) is 0. The molecule has 0 bridgehead atoms. The molecule has 0 saturated heterocycles. The van der Waals surface area contributed by atoms with E-state index in [1.165, 1.54) is 6.92 Å². The van der Waals surface area contributed by atoms with E-state index in [-0.39, 0.29) is 23.6 Å². The number of aliphatic imine (C=N–C) groups is 1. The molecule has 1 aromatic carbocycles. The number of carbonyl (C=O) groups excluding carboxylic acids is 2. The maximum absolute atomic E-state index is 12.0. The summed E-state index contributed by atoms with van der Waals surface area (Å²) in [5, 5.41) is 11.4. The summed E-state index contributed by atoms with van der Waals surface area (Å²) in [7, 11) is 0. The van der Waals surface area contributed by atoms with Crippen LogP contribution in [0.25, 0.3) is 5.70 Å². The van der Waals surface area contributed by atoms with Crippen LogP contribution in [0.15, 0.2) is 64.8 Å². The Bertz CT molecular complexity index is 761. The minimum absolute atomic E-state index is 0.0483. The van der Waals surface area contributed by atoms with Gasteiger partial charge in [-0.2, -0.15) is 0 Å². The summed E-state index contributed by atoms with van der Waals surface area (Å²) >= 11 is 0. The first-order chi connectivity index (χ1) is 11.9. The summed E-state index contributed by atoms with van der Waals surface area (Å²) in [6, 6.07) is 8.49. The number of nitro groups is 1. The van der Waals surface area contributed by atoms with Gasteiger partial charge in [0.25, 0.3) is 5.70 Å². The highest BCUT2D eigenvalue weighted by atomic mass is 16.6. The van der Waals surface area contributed by atoms with Gasteiger partial charge in [0.15, 0.2) is 5.78 Å². The van der Waals surface area contributed by atoms with Gasteiger partial charge in [-0.25, -0.2) is 4.79 Å². The minimum atomic E-state index is -0.661. The van der Waals surface area contributed by atoms with Crippen LogP contribution in [0.2, 0.25) is 0 Å². The molecule has 0 fully saturated rings. The molecule has 0 unspecified atom stereocenters. The summed E-state index contributed by atoms with van der Waals surface area (Å²) < 4.78 is 4.67. The number of nitrogens with zero attached hydrogens (tertiary/aromatic N) is 2. The molecule has 0 radical (unpaired) electrons. The fourth-order valence-corrected chi connectivity index (χ4v) is 1.87. The fraction of sp³-hybridized carbons (Fsp3) is 0.167. The number of ketones is 1. The zero-order valence-corrected chi connectivity index (χ0v) is 14.0. The number of rotatable bonds is 8. The molecule has 0 heterocycles. The number of esters is 1. The van der Waals surface area contributed by atoms with Gasteiger partial charge in [-0.15, -0.1) is 0 Å². The molecule has 0 atom stereocenters. The highest BCUT2D eigenvalue weighted by Gasteiger charge is 2.18. The standard InChI is InChI=1S/C18H18N2O5/c1-4-25-17(22)11-10-16(21)13(2)12-15(20(23)24)18(19-3)14-8-6-5-7-9-14/h5-12H,3-4H2,1-2H3/b11-10-,13-12+,18-15+. The number of ether oxygens (including phenoxy) is 1. The van der Waals surface area contributed by atoms with Gasteiger partial charge in [-0.1, -0.05) is 30.3 Å². The van der Waals surface area contributed by atoms with Gasteiger partial charge in [0.05, 0.1) is 11.5 Å². The maximum Gasteiger partial charge on any atom is 0.330 e. The van der Waals surface area contributed by atoms with Crippen molar-refractivity contribution in [3.8, 4) is 0 Å². The Morgan fingerprint density at radius 2 is 1.92 bits per heavy atom. The Morgan fingerprint density at radius 3 is 2.44 bits per heavy atom. The van der Waals surface area contributed by atoms with E-state index in [0.717, 1.165) is 18.2 Å². The Morgan fingerprint density at radius 1 is 1.28 bits per heavy atom. The van der Waals surface area contributed by atoms with Crippen LogP contribution in [0.4, 0.5) is 0 Å². The molecule has 0 saturated carbocycles. The van der Waals surface area contributed by atoms with Crippen molar-refractivity contribution in [3.63, 3.8) is 0 Å². The summed E-state index contributed by atoms with van der Waals surface area (Å²) in [6.45, 7) is 6.61. The molecule has 0 amide bonds. The van der Waals surface area contributed by atoms with E-state index in [0.29, 0.717) is 5.56 Å².